The summed E-state index contributed by atoms with van der Waals surface area (Å²) in [6.45, 7) is 0. The van der Waals surface area contributed by atoms with Gasteiger partial charge in [-0.2, -0.15) is 0 Å². The average Bonchev–Trinajstić information content (AvgIpc) is 1.73. The summed E-state index contributed by atoms with van der Waals surface area (Å²) in [4.78, 5) is 9.26. The molecular weight excluding hydrogens is 98.0 g/mol. The first-order valence-electron chi connectivity index (χ1n) is 1.62. The van der Waals surface area contributed by atoms with E-state index in [2.05, 4.69) is 0 Å². The van der Waals surface area contributed by atoms with E-state index in [4.69, 9.17) is 10.2 Å². The molecule has 0 unspecified atom stereocenters. The molecule has 0 saturated heterocycles. The number of carbonyl (C=O) groups is 1. The SMILES string of the molecule is CNC(=O)O.CO. The summed E-state index contributed by atoms with van der Waals surface area (Å²) in [5, 5.41) is 16.6. The average molecular weight is 107 g/mol. The van der Waals surface area contributed by atoms with Crippen molar-refractivity contribution in [2.75, 3.05) is 14.2 Å². The van der Waals surface area contributed by atoms with Gasteiger partial charge in [0.1, 0.15) is 0 Å². The molecule has 7 heavy (non-hydrogen) atoms. The van der Waals surface area contributed by atoms with Crippen LogP contribution in [-0.2, 0) is 0 Å². The lowest BCUT2D eigenvalue weighted by molar-refractivity contribution is 0.197. The quantitative estimate of drug-likeness (QED) is 0.390. The lowest BCUT2D eigenvalue weighted by Gasteiger charge is -1.78. The predicted molar refractivity (Wildman–Crippen MR) is 25.2 cm³/mol. The van der Waals surface area contributed by atoms with E-state index in [0.717, 1.165) is 7.11 Å². The molecule has 0 heterocycles. The van der Waals surface area contributed by atoms with Crippen LogP contribution < -0.4 is 5.32 Å². The molecule has 0 fully saturated rings. The minimum Gasteiger partial charge on any atom is -0.465 e. The molecule has 1 amide bonds. The Morgan fingerprint density at radius 3 is 1.71 bits per heavy atom. The van der Waals surface area contributed by atoms with E-state index in [9.17, 15) is 4.79 Å². The van der Waals surface area contributed by atoms with Crippen LogP contribution in [0.5, 0.6) is 0 Å². The van der Waals surface area contributed by atoms with Crippen LogP contribution in [0.4, 0.5) is 4.79 Å². The molecule has 0 bridgehead atoms. The van der Waals surface area contributed by atoms with E-state index in [0.29, 0.717) is 0 Å². The topological polar surface area (TPSA) is 69.6 Å². The van der Waals surface area contributed by atoms with Crippen molar-refractivity contribution in [3.8, 4) is 0 Å². The number of nitrogens with one attached hydrogen (secondary N) is 1. The van der Waals surface area contributed by atoms with Crippen molar-refractivity contribution in [1.82, 2.24) is 5.32 Å². The van der Waals surface area contributed by atoms with Crippen LogP contribution in [-0.4, -0.2) is 30.5 Å². The van der Waals surface area contributed by atoms with Crippen molar-refractivity contribution < 1.29 is 15.0 Å². The van der Waals surface area contributed by atoms with E-state index in [-0.39, 0.29) is 0 Å². The van der Waals surface area contributed by atoms with Gasteiger partial charge in [-0.1, -0.05) is 0 Å². The van der Waals surface area contributed by atoms with Crippen LogP contribution in [0.25, 0.3) is 0 Å². The van der Waals surface area contributed by atoms with Crippen LogP contribution in [0.3, 0.4) is 0 Å². The largest absolute Gasteiger partial charge is 0.465 e. The lowest BCUT2D eigenvalue weighted by Crippen LogP contribution is -2.13. The number of hydrogen-bond acceptors (Lipinski definition) is 2. The summed E-state index contributed by atoms with van der Waals surface area (Å²) in [6.07, 6.45) is -0.995. The summed E-state index contributed by atoms with van der Waals surface area (Å²) in [7, 11) is 2.35. The molecule has 0 aromatic heterocycles. The number of amides is 1. The van der Waals surface area contributed by atoms with Crippen molar-refractivity contribution in [1.29, 1.82) is 0 Å². The fourth-order valence-corrected chi connectivity index (χ4v) is 0. The van der Waals surface area contributed by atoms with Gasteiger partial charge in [-0.3, -0.25) is 0 Å². The van der Waals surface area contributed by atoms with Crippen molar-refractivity contribution in [3.63, 3.8) is 0 Å². The Balaban J connectivity index is 0. The van der Waals surface area contributed by atoms with Gasteiger partial charge in [-0.05, 0) is 0 Å². The molecule has 0 atom stereocenters. The minimum atomic E-state index is -0.995. The van der Waals surface area contributed by atoms with Crippen LogP contribution in [0.1, 0.15) is 0 Å². The smallest absolute Gasteiger partial charge is 0.404 e. The highest BCUT2D eigenvalue weighted by atomic mass is 16.4. The third-order valence-electron chi connectivity index (χ3n) is 0.214. The number of hydrogen-bond donors (Lipinski definition) is 3. The Kier molecular flexibility index (Phi) is 12.2. The standard InChI is InChI=1S/C2H5NO2.CH4O/c1-3-2(4)5;1-2/h3H,1H3,(H,4,5);2H,1H3. The second kappa shape index (κ2) is 8.97. The third kappa shape index (κ3) is 36.1. The molecule has 0 aliphatic heterocycles. The van der Waals surface area contributed by atoms with Crippen molar-refractivity contribution in [2.45, 2.75) is 0 Å². The van der Waals surface area contributed by atoms with Crippen molar-refractivity contribution in [3.05, 3.63) is 0 Å². The van der Waals surface area contributed by atoms with E-state index >= 15 is 0 Å². The second-order valence-electron chi connectivity index (χ2n) is 0.555. The second-order valence-corrected chi connectivity index (χ2v) is 0.555. The molecule has 0 spiro atoms. The van der Waals surface area contributed by atoms with Crippen LogP contribution >= 0.6 is 0 Å². The van der Waals surface area contributed by atoms with Gasteiger partial charge in [0.05, 0.1) is 0 Å². The molecule has 0 radical (unpaired) electrons. The summed E-state index contributed by atoms with van der Waals surface area (Å²) < 4.78 is 0. The molecular formula is C3H9NO3. The Bertz CT molecular complexity index is 45.4. The maximum absolute atomic E-state index is 9.26. The number of aliphatic hydroxyl groups is 1. The fourth-order valence-electron chi connectivity index (χ4n) is 0. The molecule has 3 N–H and O–H groups in total. The maximum Gasteiger partial charge on any atom is 0.404 e. The monoisotopic (exact) mass is 107 g/mol. The minimum absolute atomic E-state index is 0.995. The van der Waals surface area contributed by atoms with E-state index in [1.807, 2.05) is 5.32 Å². The number of carboxylic acid groups (broad SMARTS) is 1. The Morgan fingerprint density at radius 2 is 1.71 bits per heavy atom. The van der Waals surface area contributed by atoms with Gasteiger partial charge >= 0.3 is 6.09 Å². The van der Waals surface area contributed by atoms with Gasteiger partial charge < -0.3 is 15.5 Å². The molecule has 0 aliphatic rings. The third-order valence-corrected chi connectivity index (χ3v) is 0.214. The molecule has 0 aromatic rings. The zero-order valence-corrected chi connectivity index (χ0v) is 4.30. The number of rotatable bonds is 0. The van der Waals surface area contributed by atoms with Gasteiger partial charge in [-0.15, -0.1) is 0 Å². The van der Waals surface area contributed by atoms with E-state index in [1.165, 1.54) is 7.05 Å². The summed E-state index contributed by atoms with van der Waals surface area (Å²) in [6, 6.07) is 0. The van der Waals surface area contributed by atoms with Gasteiger partial charge in [0.2, 0.25) is 0 Å². The normalized spacial score (nSPS) is 5.57. The molecule has 4 heteroatoms. The first-order chi connectivity index (χ1) is 3.27. The van der Waals surface area contributed by atoms with Crippen molar-refractivity contribution in [2.24, 2.45) is 0 Å². The van der Waals surface area contributed by atoms with Gasteiger partial charge in [0, 0.05) is 14.2 Å². The van der Waals surface area contributed by atoms with E-state index in [1.54, 1.807) is 0 Å². The molecule has 4 nitrogen and oxygen atoms in total. The van der Waals surface area contributed by atoms with Gasteiger partial charge in [-0.25, -0.2) is 4.79 Å². The Hall–Kier alpha value is -0.770. The summed E-state index contributed by atoms with van der Waals surface area (Å²) in [5.41, 5.74) is 0. The highest BCUT2D eigenvalue weighted by Gasteiger charge is 1.76. The first kappa shape index (κ1) is 9.52. The molecule has 0 aromatic carbocycles. The highest BCUT2D eigenvalue weighted by molar-refractivity contribution is 5.63. The molecule has 0 aliphatic carbocycles. The van der Waals surface area contributed by atoms with Gasteiger partial charge in [0.15, 0.2) is 0 Å². The Labute approximate surface area is 41.8 Å². The first-order valence-corrected chi connectivity index (χ1v) is 1.62. The van der Waals surface area contributed by atoms with Crippen molar-refractivity contribution >= 4 is 6.09 Å². The fraction of sp³-hybridized carbons (Fsp3) is 0.667. The van der Waals surface area contributed by atoms with Gasteiger partial charge in [0.25, 0.3) is 0 Å². The molecule has 0 rings (SSSR count). The highest BCUT2D eigenvalue weighted by Crippen LogP contribution is 1.45. The van der Waals surface area contributed by atoms with E-state index < -0.39 is 6.09 Å². The maximum atomic E-state index is 9.26. The predicted octanol–water partition coefficient (Wildman–Crippen LogP) is -0.508. The molecule has 0 saturated carbocycles. The summed E-state index contributed by atoms with van der Waals surface area (Å²) >= 11 is 0. The summed E-state index contributed by atoms with van der Waals surface area (Å²) in [5.74, 6) is 0. The zero-order chi connectivity index (χ0) is 6.28. The number of aliphatic hydroxyl groups excluding tert-OH is 1. The molecule has 44 valence electrons. The Morgan fingerprint density at radius 1 is 1.57 bits per heavy atom. The zero-order valence-electron chi connectivity index (χ0n) is 4.30. The van der Waals surface area contributed by atoms with Crippen LogP contribution in [0.15, 0.2) is 0 Å². The van der Waals surface area contributed by atoms with Crippen LogP contribution in [0, 0.1) is 0 Å². The van der Waals surface area contributed by atoms with Crippen LogP contribution in [0.2, 0.25) is 0 Å². The lowest BCUT2D eigenvalue weighted by atomic mass is 11.1.